The van der Waals surface area contributed by atoms with Crippen molar-refractivity contribution in [1.29, 1.82) is 0 Å². The van der Waals surface area contributed by atoms with E-state index in [0.29, 0.717) is 18.1 Å². The molecule has 0 aliphatic rings. The molecule has 2 amide bonds. The summed E-state index contributed by atoms with van der Waals surface area (Å²) in [6, 6.07) is 14.8. The van der Waals surface area contributed by atoms with Crippen molar-refractivity contribution < 1.29 is 19.1 Å². The molecule has 0 atom stereocenters. The van der Waals surface area contributed by atoms with E-state index in [0.717, 1.165) is 17.5 Å². The first-order chi connectivity index (χ1) is 13.5. The Labute approximate surface area is 165 Å². The van der Waals surface area contributed by atoms with Crippen molar-refractivity contribution in [3.63, 3.8) is 0 Å². The van der Waals surface area contributed by atoms with Crippen LogP contribution in [0.15, 0.2) is 54.2 Å². The molecule has 2 aromatic rings. The molecule has 0 aliphatic carbocycles. The van der Waals surface area contributed by atoms with Crippen LogP contribution in [0.2, 0.25) is 0 Å². The normalized spacial score (nSPS) is 10.9. The number of hydrogen-bond donors (Lipinski definition) is 2. The molecule has 28 heavy (non-hydrogen) atoms. The van der Waals surface area contributed by atoms with Crippen LogP contribution >= 0.6 is 0 Å². The van der Waals surface area contributed by atoms with E-state index in [9.17, 15) is 9.59 Å². The van der Waals surface area contributed by atoms with E-state index in [2.05, 4.69) is 10.6 Å². The molecule has 148 valence electrons. The zero-order valence-corrected chi connectivity index (χ0v) is 16.5. The molecular formula is C22H26N2O4. The second kappa shape index (κ2) is 10.8. The summed E-state index contributed by atoms with van der Waals surface area (Å²) < 4.78 is 11.0. The highest BCUT2D eigenvalue weighted by atomic mass is 16.5. The third-order valence-electron chi connectivity index (χ3n) is 3.81. The highest BCUT2D eigenvalue weighted by Gasteiger charge is 2.12. The van der Waals surface area contributed by atoms with E-state index < -0.39 is 0 Å². The van der Waals surface area contributed by atoms with Crippen LogP contribution in [0.5, 0.6) is 11.5 Å². The van der Waals surface area contributed by atoms with Crippen molar-refractivity contribution in [3.05, 3.63) is 65.4 Å². The Morgan fingerprint density at radius 3 is 2.46 bits per heavy atom. The van der Waals surface area contributed by atoms with Gasteiger partial charge in [0.2, 0.25) is 5.91 Å². The maximum absolute atomic E-state index is 12.6. The van der Waals surface area contributed by atoms with Crippen molar-refractivity contribution in [2.45, 2.75) is 26.8 Å². The molecule has 0 saturated carbocycles. The van der Waals surface area contributed by atoms with E-state index in [1.165, 1.54) is 6.92 Å². The van der Waals surface area contributed by atoms with Gasteiger partial charge in [0.25, 0.3) is 5.91 Å². The minimum atomic E-state index is -0.371. The number of benzene rings is 2. The fourth-order valence-electron chi connectivity index (χ4n) is 2.49. The summed E-state index contributed by atoms with van der Waals surface area (Å²) >= 11 is 0. The second-order valence-electron chi connectivity index (χ2n) is 6.17. The Morgan fingerprint density at radius 1 is 1.07 bits per heavy atom. The highest BCUT2D eigenvalue weighted by Crippen LogP contribution is 2.28. The first kappa shape index (κ1) is 21.0. The molecule has 6 heteroatoms. The van der Waals surface area contributed by atoms with Gasteiger partial charge in [-0.05, 0) is 35.8 Å². The third kappa shape index (κ3) is 6.46. The van der Waals surface area contributed by atoms with Crippen LogP contribution in [0.1, 0.15) is 31.4 Å². The van der Waals surface area contributed by atoms with Gasteiger partial charge < -0.3 is 20.1 Å². The zero-order valence-electron chi connectivity index (χ0n) is 16.5. The number of ether oxygens (including phenoxy) is 2. The number of amides is 2. The summed E-state index contributed by atoms with van der Waals surface area (Å²) in [7, 11) is 1.58. The summed E-state index contributed by atoms with van der Waals surface area (Å²) in [6.07, 6.45) is 2.54. The van der Waals surface area contributed by atoms with E-state index in [1.807, 2.05) is 55.5 Å². The predicted octanol–water partition coefficient (Wildman–Crippen LogP) is 3.28. The first-order valence-electron chi connectivity index (χ1n) is 9.15. The Hall–Kier alpha value is -3.28. The molecule has 0 radical (unpaired) electrons. The molecule has 0 aliphatic heterocycles. The van der Waals surface area contributed by atoms with Crippen molar-refractivity contribution in [3.8, 4) is 11.5 Å². The fraction of sp³-hybridized carbons (Fsp3) is 0.273. The van der Waals surface area contributed by atoms with Gasteiger partial charge in [-0.25, -0.2) is 0 Å². The maximum Gasteiger partial charge on any atom is 0.268 e. The van der Waals surface area contributed by atoms with Crippen LogP contribution in [0.3, 0.4) is 0 Å². The summed E-state index contributed by atoms with van der Waals surface area (Å²) in [5.74, 6) is 0.602. The summed E-state index contributed by atoms with van der Waals surface area (Å²) in [4.78, 5) is 24.0. The zero-order chi connectivity index (χ0) is 20.4. The largest absolute Gasteiger partial charge is 0.493 e. The molecule has 0 bridgehead atoms. The van der Waals surface area contributed by atoms with Crippen molar-refractivity contribution in [2.75, 3.05) is 13.7 Å². The minimum absolute atomic E-state index is 0.188. The maximum atomic E-state index is 12.6. The molecule has 2 rings (SSSR count). The molecule has 0 saturated heterocycles. The number of methoxy groups -OCH3 is 1. The van der Waals surface area contributed by atoms with Gasteiger partial charge in [0, 0.05) is 13.5 Å². The smallest absolute Gasteiger partial charge is 0.268 e. The molecule has 0 heterocycles. The van der Waals surface area contributed by atoms with E-state index in [4.69, 9.17) is 9.47 Å². The first-order valence-corrected chi connectivity index (χ1v) is 9.15. The topological polar surface area (TPSA) is 76.7 Å². The Kier molecular flexibility index (Phi) is 8.09. The monoisotopic (exact) mass is 382 g/mol. The van der Waals surface area contributed by atoms with Crippen LogP contribution < -0.4 is 20.1 Å². The quantitative estimate of drug-likeness (QED) is 0.653. The molecule has 2 N–H and O–H groups in total. The second-order valence-corrected chi connectivity index (χ2v) is 6.17. The van der Waals surface area contributed by atoms with E-state index >= 15 is 0 Å². The Morgan fingerprint density at radius 2 is 1.82 bits per heavy atom. The van der Waals surface area contributed by atoms with Gasteiger partial charge >= 0.3 is 0 Å². The van der Waals surface area contributed by atoms with E-state index in [1.54, 1.807) is 13.2 Å². The number of nitrogens with one attached hydrogen (secondary N) is 2. The summed E-state index contributed by atoms with van der Waals surface area (Å²) in [5, 5.41) is 5.40. The standard InChI is InChI=1S/C22H26N2O4/c1-4-12-28-20-11-10-18(14-21(20)27-3)15-23-22(26)19(24-16(2)25)13-17-8-6-5-7-9-17/h5-11,13-14H,4,12,15H2,1-3H3,(H,23,26)(H,24,25)/b19-13-. The number of hydrogen-bond acceptors (Lipinski definition) is 4. The van der Waals surface area contributed by atoms with Crippen LogP contribution in [0, 0.1) is 0 Å². The van der Waals surface area contributed by atoms with Gasteiger partial charge in [0.1, 0.15) is 5.70 Å². The highest BCUT2D eigenvalue weighted by molar-refractivity contribution is 6.00. The van der Waals surface area contributed by atoms with Crippen LogP contribution in [0.25, 0.3) is 6.08 Å². The lowest BCUT2D eigenvalue weighted by Gasteiger charge is -2.13. The van der Waals surface area contributed by atoms with Crippen LogP contribution in [-0.4, -0.2) is 25.5 Å². The molecule has 0 unspecified atom stereocenters. The Balaban J connectivity index is 2.09. The minimum Gasteiger partial charge on any atom is -0.493 e. The van der Waals surface area contributed by atoms with Crippen LogP contribution in [0.4, 0.5) is 0 Å². The SMILES string of the molecule is CCCOc1ccc(CNC(=O)/C(=C/c2ccccc2)NC(C)=O)cc1OC. The van der Waals surface area contributed by atoms with Gasteiger partial charge in [0.15, 0.2) is 11.5 Å². The summed E-state index contributed by atoms with van der Waals surface area (Å²) in [5.41, 5.74) is 1.87. The average molecular weight is 382 g/mol. The molecule has 2 aromatic carbocycles. The number of carbonyl (C=O) groups excluding carboxylic acids is 2. The van der Waals surface area contributed by atoms with Gasteiger partial charge in [-0.15, -0.1) is 0 Å². The number of carbonyl (C=O) groups is 2. The third-order valence-corrected chi connectivity index (χ3v) is 3.81. The van der Waals surface area contributed by atoms with Crippen molar-refractivity contribution in [2.24, 2.45) is 0 Å². The van der Waals surface area contributed by atoms with E-state index in [-0.39, 0.29) is 24.1 Å². The van der Waals surface area contributed by atoms with Gasteiger partial charge in [-0.1, -0.05) is 43.3 Å². The summed E-state index contributed by atoms with van der Waals surface area (Å²) in [6.45, 7) is 4.30. The molecular weight excluding hydrogens is 356 g/mol. The van der Waals surface area contributed by atoms with Gasteiger partial charge in [-0.3, -0.25) is 9.59 Å². The van der Waals surface area contributed by atoms with Crippen molar-refractivity contribution >= 4 is 17.9 Å². The Bertz CT molecular complexity index is 832. The lowest BCUT2D eigenvalue weighted by atomic mass is 10.1. The lowest BCUT2D eigenvalue weighted by Crippen LogP contribution is -2.33. The predicted molar refractivity (Wildman–Crippen MR) is 109 cm³/mol. The fourth-order valence-corrected chi connectivity index (χ4v) is 2.49. The average Bonchev–Trinajstić information content (AvgIpc) is 2.70. The molecule has 0 aromatic heterocycles. The van der Waals surface area contributed by atoms with Gasteiger partial charge in [0.05, 0.1) is 13.7 Å². The molecule has 0 fully saturated rings. The van der Waals surface area contributed by atoms with Crippen molar-refractivity contribution in [1.82, 2.24) is 10.6 Å². The molecule has 0 spiro atoms. The van der Waals surface area contributed by atoms with Crippen LogP contribution in [-0.2, 0) is 16.1 Å². The number of rotatable bonds is 9. The van der Waals surface area contributed by atoms with Gasteiger partial charge in [-0.2, -0.15) is 0 Å². The molecule has 6 nitrogen and oxygen atoms in total. The lowest BCUT2D eigenvalue weighted by molar-refractivity contribution is -0.122.